The lowest BCUT2D eigenvalue weighted by Crippen LogP contribution is -2.22. The lowest BCUT2D eigenvalue weighted by Gasteiger charge is -2.24. The zero-order valence-electron chi connectivity index (χ0n) is 18.6. The summed E-state index contributed by atoms with van der Waals surface area (Å²) in [6.45, 7) is -0.919. The van der Waals surface area contributed by atoms with Gasteiger partial charge in [0.1, 0.15) is 12.2 Å². The van der Waals surface area contributed by atoms with Crippen LogP contribution in [-0.2, 0) is 6.54 Å². The van der Waals surface area contributed by atoms with Crippen LogP contribution in [0.4, 0.5) is 24.5 Å². The van der Waals surface area contributed by atoms with Crippen LogP contribution < -0.4 is 16.4 Å². The van der Waals surface area contributed by atoms with Crippen LogP contribution in [0.2, 0.25) is 0 Å². The monoisotopic (exact) mass is 469 g/mol. The summed E-state index contributed by atoms with van der Waals surface area (Å²) in [7, 11) is 0. The van der Waals surface area contributed by atoms with Crippen LogP contribution in [0.25, 0.3) is 10.9 Å². The first-order valence-corrected chi connectivity index (χ1v) is 11.2. The van der Waals surface area contributed by atoms with Gasteiger partial charge in [0.2, 0.25) is 0 Å². The fraction of sp³-hybridized carbons (Fsp3) is 0.360. The van der Waals surface area contributed by atoms with Crippen LogP contribution in [-0.4, -0.2) is 34.2 Å². The van der Waals surface area contributed by atoms with Crippen LogP contribution in [0.1, 0.15) is 48.3 Å². The Labute approximate surface area is 195 Å². The number of amides is 1. The molecule has 1 amide bonds. The second kappa shape index (κ2) is 10.1. The highest BCUT2D eigenvalue weighted by Gasteiger charge is 2.30. The van der Waals surface area contributed by atoms with E-state index in [4.69, 9.17) is 5.73 Å². The van der Waals surface area contributed by atoms with Crippen LogP contribution in [0, 0.1) is 11.8 Å². The summed E-state index contributed by atoms with van der Waals surface area (Å²) in [5.74, 6) is 5.15. The second-order valence-electron chi connectivity index (χ2n) is 8.40. The fourth-order valence-electron chi connectivity index (χ4n) is 4.26. The molecule has 1 fully saturated rings. The number of nitrogens with zero attached hydrogens (tertiary/aromatic N) is 2. The number of pyridine rings is 1. The molecule has 9 heteroatoms. The molecule has 4 N–H and O–H groups in total. The Hall–Kier alpha value is -3.67. The van der Waals surface area contributed by atoms with E-state index in [2.05, 4.69) is 27.5 Å². The van der Waals surface area contributed by atoms with Gasteiger partial charge in [-0.2, -0.15) is 13.2 Å². The van der Waals surface area contributed by atoms with E-state index in [1.807, 2.05) is 6.07 Å². The summed E-state index contributed by atoms with van der Waals surface area (Å²) >= 11 is 0. The van der Waals surface area contributed by atoms with E-state index in [-0.39, 0.29) is 12.2 Å². The average Bonchev–Trinajstić information content (AvgIpc) is 3.14. The summed E-state index contributed by atoms with van der Waals surface area (Å²) in [4.78, 5) is 15.0. The first kappa shape index (κ1) is 23.5. The van der Waals surface area contributed by atoms with Crippen LogP contribution in [0.5, 0.6) is 0 Å². The largest absolute Gasteiger partial charge is 0.406 e. The number of anilines is 2. The van der Waals surface area contributed by atoms with Crippen molar-refractivity contribution < 1.29 is 18.0 Å². The van der Waals surface area contributed by atoms with Gasteiger partial charge in [-0.05, 0) is 49.1 Å². The average molecular weight is 470 g/mol. The Kier molecular flexibility index (Phi) is 6.96. The molecule has 0 radical (unpaired) electrons. The maximum absolute atomic E-state index is 13.4. The quantitative estimate of drug-likeness (QED) is 0.448. The summed E-state index contributed by atoms with van der Waals surface area (Å²) < 4.78 is 41.3. The van der Waals surface area contributed by atoms with Crippen molar-refractivity contribution in [3.05, 3.63) is 54.0 Å². The third-order valence-corrected chi connectivity index (χ3v) is 5.86. The summed E-state index contributed by atoms with van der Waals surface area (Å²) in [6, 6.07) is 10.6. The number of nitrogens with one attached hydrogen (secondary N) is 2. The van der Waals surface area contributed by atoms with Gasteiger partial charge in [-0.25, -0.2) is 4.98 Å². The van der Waals surface area contributed by atoms with E-state index in [0.29, 0.717) is 22.9 Å². The smallest absolute Gasteiger partial charge is 0.382 e. The Morgan fingerprint density at radius 2 is 1.97 bits per heavy atom. The van der Waals surface area contributed by atoms with Gasteiger partial charge < -0.3 is 20.9 Å². The molecule has 34 heavy (non-hydrogen) atoms. The zero-order valence-corrected chi connectivity index (χ0v) is 18.6. The number of primary amides is 1. The van der Waals surface area contributed by atoms with Crippen molar-refractivity contribution in [2.75, 3.05) is 17.2 Å². The minimum absolute atomic E-state index is 0.144. The predicted molar refractivity (Wildman–Crippen MR) is 127 cm³/mol. The van der Waals surface area contributed by atoms with Crippen LogP contribution in [0.3, 0.4) is 0 Å². The van der Waals surface area contributed by atoms with E-state index < -0.39 is 18.6 Å². The number of hydrogen-bond donors (Lipinski definition) is 3. The fourth-order valence-corrected chi connectivity index (χ4v) is 4.26. The molecule has 178 valence electrons. The number of nitrogens with two attached hydrogens (primary N) is 1. The van der Waals surface area contributed by atoms with E-state index in [9.17, 15) is 18.0 Å². The van der Waals surface area contributed by atoms with Crippen LogP contribution >= 0.6 is 0 Å². The Morgan fingerprint density at radius 3 is 2.65 bits per heavy atom. The SMILES string of the molecule is NC(=O)c1ccc(NCC#Cc2cc3c(NC4CCCCC4)cccc3n2CC(F)(F)F)cn1. The standard InChI is InChI=1S/C25H26F3N5O/c26-25(27,28)16-33-19(8-5-13-30-18-11-12-22(24(29)34)31-15-18)14-20-21(9-4-10-23(20)33)32-17-6-2-1-3-7-17/h4,9-12,14-15,17,30,32H,1-3,6-7,13,16H2,(H2,29,34). The number of rotatable bonds is 6. The molecular weight excluding hydrogens is 443 g/mol. The molecule has 0 spiro atoms. The number of hydrogen-bond acceptors (Lipinski definition) is 4. The second-order valence-corrected chi connectivity index (χ2v) is 8.40. The van der Waals surface area contributed by atoms with Gasteiger partial charge in [0.05, 0.1) is 29.6 Å². The van der Waals surface area contributed by atoms with Gasteiger partial charge in [0.25, 0.3) is 5.91 Å². The normalized spacial score (nSPS) is 14.4. The molecule has 6 nitrogen and oxygen atoms in total. The minimum Gasteiger partial charge on any atom is -0.382 e. The van der Waals surface area contributed by atoms with E-state index in [1.54, 1.807) is 24.3 Å². The van der Waals surface area contributed by atoms with Gasteiger partial charge in [0.15, 0.2) is 0 Å². The van der Waals surface area contributed by atoms with E-state index in [1.165, 1.54) is 23.3 Å². The summed E-state index contributed by atoms with van der Waals surface area (Å²) in [5.41, 5.74) is 7.58. The number of halogens is 3. The molecule has 3 aromatic rings. The molecule has 1 aromatic carbocycles. The van der Waals surface area contributed by atoms with Gasteiger partial charge in [0, 0.05) is 17.1 Å². The molecule has 0 aliphatic heterocycles. The lowest BCUT2D eigenvalue weighted by atomic mass is 9.95. The van der Waals surface area contributed by atoms with Crippen LogP contribution in [0.15, 0.2) is 42.6 Å². The molecular formula is C25H26F3N5O. The van der Waals surface area contributed by atoms with Crippen molar-refractivity contribution >= 4 is 28.2 Å². The van der Waals surface area contributed by atoms with E-state index in [0.717, 1.165) is 36.8 Å². The van der Waals surface area contributed by atoms with Crippen molar-refractivity contribution in [1.29, 1.82) is 0 Å². The first-order valence-electron chi connectivity index (χ1n) is 11.2. The molecule has 2 heterocycles. The molecule has 1 aliphatic rings. The molecule has 0 saturated heterocycles. The van der Waals surface area contributed by atoms with Gasteiger partial charge in [-0.15, -0.1) is 0 Å². The molecule has 0 atom stereocenters. The molecule has 1 aliphatic carbocycles. The summed E-state index contributed by atoms with van der Waals surface area (Å²) in [6.07, 6.45) is 2.75. The molecule has 0 bridgehead atoms. The van der Waals surface area contributed by atoms with Gasteiger partial charge in [-0.3, -0.25) is 4.79 Å². The first-order chi connectivity index (χ1) is 16.3. The Morgan fingerprint density at radius 1 is 1.18 bits per heavy atom. The maximum Gasteiger partial charge on any atom is 0.406 e. The highest BCUT2D eigenvalue weighted by atomic mass is 19.4. The van der Waals surface area contributed by atoms with Crippen molar-refractivity contribution in [1.82, 2.24) is 9.55 Å². The Bertz CT molecular complexity index is 1220. The third kappa shape index (κ3) is 5.81. The van der Waals surface area contributed by atoms with Crippen molar-refractivity contribution in [2.24, 2.45) is 5.73 Å². The predicted octanol–water partition coefficient (Wildman–Crippen LogP) is 4.91. The van der Waals surface area contributed by atoms with Crippen molar-refractivity contribution in [3.63, 3.8) is 0 Å². The van der Waals surface area contributed by atoms with Crippen molar-refractivity contribution in [2.45, 2.75) is 50.9 Å². The third-order valence-electron chi connectivity index (χ3n) is 5.86. The van der Waals surface area contributed by atoms with E-state index >= 15 is 0 Å². The topological polar surface area (TPSA) is 85.0 Å². The molecule has 2 aromatic heterocycles. The zero-order chi connectivity index (χ0) is 24.1. The maximum atomic E-state index is 13.4. The minimum atomic E-state index is -4.37. The number of alkyl halides is 3. The molecule has 0 unspecified atom stereocenters. The van der Waals surface area contributed by atoms with Gasteiger partial charge >= 0.3 is 6.18 Å². The molecule has 1 saturated carbocycles. The van der Waals surface area contributed by atoms with Crippen molar-refractivity contribution in [3.8, 4) is 11.8 Å². The number of fused-ring (bicyclic) bond motifs is 1. The lowest BCUT2D eigenvalue weighted by molar-refractivity contribution is -0.140. The highest BCUT2D eigenvalue weighted by Crippen LogP contribution is 2.32. The number of benzene rings is 1. The molecule has 4 rings (SSSR count). The highest BCUT2D eigenvalue weighted by molar-refractivity contribution is 5.94. The van der Waals surface area contributed by atoms with Gasteiger partial charge in [-0.1, -0.05) is 31.2 Å². The Balaban J connectivity index is 1.57. The number of carbonyl (C=O) groups excluding carboxylic acids is 1. The summed E-state index contributed by atoms with van der Waals surface area (Å²) in [5, 5.41) is 7.29. The number of aromatic nitrogens is 2. The number of carbonyl (C=O) groups is 1.